The molecule has 0 aliphatic heterocycles. The van der Waals surface area contributed by atoms with Crippen molar-refractivity contribution in [3.8, 4) is 11.3 Å². The number of rotatable bonds is 4. The number of nitrogen functional groups attached to an aromatic ring is 1. The summed E-state index contributed by atoms with van der Waals surface area (Å²) >= 11 is 0. The lowest BCUT2D eigenvalue weighted by Crippen LogP contribution is -2.11. The van der Waals surface area contributed by atoms with Crippen LogP contribution in [-0.2, 0) is 6.42 Å². The Balaban J connectivity index is 1.61. The van der Waals surface area contributed by atoms with Crippen molar-refractivity contribution in [1.82, 2.24) is 14.6 Å². The van der Waals surface area contributed by atoms with E-state index in [0.717, 1.165) is 47.5 Å². The third-order valence-electron chi connectivity index (χ3n) is 6.25. The van der Waals surface area contributed by atoms with E-state index in [9.17, 15) is 0 Å². The molecule has 0 bridgehead atoms. The van der Waals surface area contributed by atoms with Crippen LogP contribution < -0.4 is 5.73 Å². The molecule has 5 aromatic rings. The molecule has 3 aromatic carbocycles. The number of allylic oxidation sites excluding steroid dienone is 1. The van der Waals surface area contributed by atoms with Crippen LogP contribution >= 0.6 is 0 Å². The topological polar surface area (TPSA) is 80.9 Å². The number of aromatic nitrogens is 3. The average Bonchev–Trinajstić information content (AvgIpc) is 3.22. The van der Waals surface area contributed by atoms with E-state index in [4.69, 9.17) is 10.7 Å². The average molecular weight is 457 g/mol. The minimum absolute atomic E-state index is 0.310. The Morgan fingerprint density at radius 1 is 0.800 bits per heavy atom. The van der Waals surface area contributed by atoms with Gasteiger partial charge in [-0.05, 0) is 48.6 Å². The molecule has 2 N–H and O–H groups in total. The summed E-state index contributed by atoms with van der Waals surface area (Å²) in [7, 11) is 0. The number of hydrogen-bond donors (Lipinski definition) is 1. The molecule has 6 nitrogen and oxygen atoms in total. The highest BCUT2D eigenvalue weighted by Gasteiger charge is 2.26. The van der Waals surface area contributed by atoms with Crippen LogP contribution in [-0.4, -0.2) is 14.6 Å². The molecular weight excluding hydrogens is 432 g/mol. The van der Waals surface area contributed by atoms with Crippen LogP contribution in [0.25, 0.3) is 28.6 Å². The number of hydrogen-bond acceptors (Lipinski definition) is 5. The van der Waals surface area contributed by atoms with E-state index in [-0.39, 0.29) is 0 Å². The fourth-order valence-electron chi connectivity index (χ4n) is 4.65. The smallest absolute Gasteiger partial charge is 0.186 e. The Kier molecular flexibility index (Phi) is 5.39. The van der Waals surface area contributed by atoms with Crippen molar-refractivity contribution in [3.05, 3.63) is 108 Å². The lowest BCUT2D eigenvalue weighted by molar-refractivity contribution is 0.793. The fourth-order valence-corrected chi connectivity index (χ4v) is 4.65. The summed E-state index contributed by atoms with van der Waals surface area (Å²) in [5.74, 6) is 0.310. The van der Waals surface area contributed by atoms with Crippen LogP contribution in [0.3, 0.4) is 0 Å². The third-order valence-corrected chi connectivity index (χ3v) is 6.25. The Bertz CT molecular complexity index is 1550. The summed E-state index contributed by atoms with van der Waals surface area (Å²) in [5, 5.41) is 13.6. The maximum atomic E-state index is 6.38. The number of nitrogens with two attached hydrogens (primary N) is 1. The van der Waals surface area contributed by atoms with E-state index in [1.54, 1.807) is 0 Å². The van der Waals surface area contributed by atoms with E-state index in [1.165, 1.54) is 11.1 Å². The molecule has 0 atom stereocenters. The van der Waals surface area contributed by atoms with Crippen molar-refractivity contribution in [3.63, 3.8) is 0 Å². The fraction of sp³-hybridized carbons (Fsp3) is 0.103. The number of benzene rings is 3. The van der Waals surface area contributed by atoms with Crippen molar-refractivity contribution in [2.45, 2.75) is 19.3 Å². The van der Waals surface area contributed by atoms with E-state index in [0.29, 0.717) is 17.2 Å². The highest BCUT2D eigenvalue weighted by atomic mass is 15.3. The molecule has 0 radical (unpaired) electrons. The summed E-state index contributed by atoms with van der Waals surface area (Å²) < 4.78 is 1.84. The summed E-state index contributed by atoms with van der Waals surface area (Å²) in [6.45, 7) is 0. The van der Waals surface area contributed by atoms with Crippen LogP contribution in [0, 0.1) is 0 Å². The zero-order valence-electron chi connectivity index (χ0n) is 19.2. The van der Waals surface area contributed by atoms with Gasteiger partial charge in [0.1, 0.15) is 0 Å². The molecule has 1 aliphatic rings. The molecule has 6 heteroatoms. The van der Waals surface area contributed by atoms with Gasteiger partial charge in [0.15, 0.2) is 17.2 Å². The van der Waals surface area contributed by atoms with Gasteiger partial charge < -0.3 is 5.73 Å². The van der Waals surface area contributed by atoms with Crippen LogP contribution in [0.15, 0.2) is 101 Å². The van der Waals surface area contributed by atoms with Gasteiger partial charge in [-0.2, -0.15) is 5.11 Å². The summed E-state index contributed by atoms with van der Waals surface area (Å²) in [6.07, 6.45) is 5.18. The SMILES string of the molecule is Nc1nn2c(-c3ccccc3)c3c(nc2c1N=Nc1ccccc1)/C(=C\c1ccccc1)CCC3. The molecule has 35 heavy (non-hydrogen) atoms. The third kappa shape index (κ3) is 3.99. The quantitative estimate of drug-likeness (QED) is 0.289. The van der Waals surface area contributed by atoms with Gasteiger partial charge in [-0.25, -0.2) is 9.50 Å². The van der Waals surface area contributed by atoms with Crippen molar-refractivity contribution >= 4 is 34.5 Å². The van der Waals surface area contributed by atoms with E-state index in [2.05, 4.69) is 57.8 Å². The van der Waals surface area contributed by atoms with Gasteiger partial charge in [0.25, 0.3) is 0 Å². The lowest BCUT2D eigenvalue weighted by Gasteiger charge is -2.22. The van der Waals surface area contributed by atoms with Gasteiger partial charge in [0.2, 0.25) is 0 Å². The Labute approximate surface area is 203 Å². The highest BCUT2D eigenvalue weighted by molar-refractivity contribution is 5.88. The van der Waals surface area contributed by atoms with Gasteiger partial charge in [-0.1, -0.05) is 78.9 Å². The van der Waals surface area contributed by atoms with Gasteiger partial charge in [-0.3, -0.25) is 0 Å². The van der Waals surface area contributed by atoms with Crippen molar-refractivity contribution < 1.29 is 0 Å². The van der Waals surface area contributed by atoms with Crippen molar-refractivity contribution in [2.75, 3.05) is 5.73 Å². The van der Waals surface area contributed by atoms with Crippen molar-refractivity contribution in [1.29, 1.82) is 0 Å². The monoisotopic (exact) mass is 456 g/mol. The largest absolute Gasteiger partial charge is 0.380 e. The first-order chi connectivity index (χ1) is 17.3. The minimum Gasteiger partial charge on any atom is -0.380 e. The second-order valence-electron chi connectivity index (χ2n) is 8.59. The highest BCUT2D eigenvalue weighted by Crippen LogP contribution is 2.40. The molecule has 1 aliphatic carbocycles. The lowest BCUT2D eigenvalue weighted by atomic mass is 9.87. The summed E-state index contributed by atoms with van der Waals surface area (Å²) in [5.41, 5.74) is 14.9. The predicted molar refractivity (Wildman–Crippen MR) is 141 cm³/mol. The summed E-state index contributed by atoms with van der Waals surface area (Å²) in [6, 6.07) is 30.3. The summed E-state index contributed by atoms with van der Waals surface area (Å²) in [4.78, 5) is 5.11. The Hall–Kier alpha value is -4.58. The molecule has 6 rings (SSSR count). The number of azo groups is 1. The van der Waals surface area contributed by atoms with E-state index < -0.39 is 0 Å². The number of fused-ring (bicyclic) bond motifs is 2. The van der Waals surface area contributed by atoms with E-state index >= 15 is 0 Å². The number of anilines is 1. The molecule has 0 amide bonds. The molecule has 0 spiro atoms. The molecule has 170 valence electrons. The molecule has 0 fully saturated rings. The predicted octanol–water partition coefficient (Wildman–Crippen LogP) is 7.27. The molecule has 0 saturated carbocycles. The van der Waals surface area contributed by atoms with Crippen molar-refractivity contribution in [2.24, 2.45) is 10.2 Å². The van der Waals surface area contributed by atoms with Crippen LogP contribution in [0.4, 0.5) is 17.2 Å². The van der Waals surface area contributed by atoms with Crippen LogP contribution in [0.2, 0.25) is 0 Å². The maximum Gasteiger partial charge on any atom is 0.186 e. The first-order valence-electron chi connectivity index (χ1n) is 11.8. The Morgan fingerprint density at radius 2 is 1.49 bits per heavy atom. The molecule has 2 heterocycles. The van der Waals surface area contributed by atoms with Gasteiger partial charge in [0.05, 0.1) is 17.1 Å². The molecule has 0 saturated heterocycles. The minimum atomic E-state index is 0.310. The molecular formula is C29H24N6. The van der Waals surface area contributed by atoms with Gasteiger partial charge >= 0.3 is 0 Å². The van der Waals surface area contributed by atoms with Crippen LogP contribution in [0.1, 0.15) is 29.7 Å². The zero-order valence-corrected chi connectivity index (χ0v) is 19.2. The molecule has 0 unspecified atom stereocenters. The van der Waals surface area contributed by atoms with Gasteiger partial charge in [-0.15, -0.1) is 10.2 Å². The maximum absolute atomic E-state index is 6.38. The number of nitrogens with zero attached hydrogens (tertiary/aromatic N) is 5. The van der Waals surface area contributed by atoms with Crippen LogP contribution in [0.5, 0.6) is 0 Å². The van der Waals surface area contributed by atoms with Gasteiger partial charge in [0, 0.05) is 11.1 Å². The second-order valence-corrected chi connectivity index (χ2v) is 8.59. The first-order valence-corrected chi connectivity index (χ1v) is 11.8. The first kappa shape index (κ1) is 21.0. The Morgan fingerprint density at radius 3 is 2.23 bits per heavy atom. The zero-order chi connectivity index (χ0) is 23.6. The second kappa shape index (κ2) is 8.99. The molecule has 2 aromatic heterocycles. The van der Waals surface area contributed by atoms with E-state index in [1.807, 2.05) is 59.1 Å². The normalized spacial score (nSPS) is 14.6. The standard InChI is InChI=1S/C29H24N6/c30-28-26(33-32-23-16-8-3-9-17-23)29-31-25-22(19-20-11-4-1-5-12-20)15-10-18-24(25)27(35(29)34-28)21-13-6-2-7-14-21/h1-9,11-14,16-17,19H,10,15,18H2,(H2,30,34)/b22-19-,33-32?.